The average Bonchev–Trinajstić information content (AvgIpc) is 2.92. The zero-order valence-corrected chi connectivity index (χ0v) is 9.99. The van der Waals surface area contributed by atoms with Gasteiger partial charge in [-0.3, -0.25) is 4.90 Å². The third-order valence-corrected chi connectivity index (χ3v) is 4.14. The van der Waals surface area contributed by atoms with Crippen molar-refractivity contribution in [3.05, 3.63) is 0 Å². The quantitative estimate of drug-likeness (QED) is 0.716. The highest BCUT2D eigenvalue weighted by molar-refractivity contribution is 5.02. The summed E-state index contributed by atoms with van der Waals surface area (Å²) in [6.45, 7) is 2.38. The molecule has 0 aliphatic heterocycles. The first kappa shape index (κ1) is 11.9. The van der Waals surface area contributed by atoms with Crippen molar-refractivity contribution in [2.24, 2.45) is 5.41 Å². The molecule has 90 valence electrons. The van der Waals surface area contributed by atoms with Crippen LogP contribution in [0.3, 0.4) is 0 Å². The first-order valence-electron chi connectivity index (χ1n) is 6.51. The van der Waals surface area contributed by atoms with Crippen LogP contribution >= 0.6 is 0 Å². The van der Waals surface area contributed by atoms with Crippen molar-refractivity contribution in [3.8, 4) is 6.07 Å². The number of nitriles is 1. The molecule has 2 rings (SSSR count). The third kappa shape index (κ3) is 2.75. The van der Waals surface area contributed by atoms with Crippen molar-refractivity contribution in [1.82, 2.24) is 4.90 Å². The van der Waals surface area contributed by atoms with Gasteiger partial charge in [0, 0.05) is 32.2 Å². The van der Waals surface area contributed by atoms with Crippen LogP contribution in [0, 0.1) is 16.7 Å². The van der Waals surface area contributed by atoms with Crippen LogP contribution in [0.5, 0.6) is 0 Å². The molecule has 0 heterocycles. The lowest BCUT2D eigenvalue weighted by Gasteiger charge is -2.39. The van der Waals surface area contributed by atoms with Gasteiger partial charge in [-0.15, -0.1) is 0 Å². The molecule has 0 saturated heterocycles. The molecule has 0 bridgehead atoms. The molecule has 0 atom stereocenters. The lowest BCUT2D eigenvalue weighted by Crippen LogP contribution is -2.44. The van der Waals surface area contributed by atoms with Crippen molar-refractivity contribution < 1.29 is 5.11 Å². The molecule has 0 aromatic carbocycles. The van der Waals surface area contributed by atoms with E-state index in [1.807, 2.05) is 0 Å². The Morgan fingerprint density at radius 1 is 1.38 bits per heavy atom. The summed E-state index contributed by atoms with van der Waals surface area (Å²) >= 11 is 0. The Bertz CT molecular complexity index is 264. The second kappa shape index (κ2) is 5.16. The van der Waals surface area contributed by atoms with E-state index in [0.717, 1.165) is 32.0 Å². The van der Waals surface area contributed by atoms with E-state index >= 15 is 0 Å². The van der Waals surface area contributed by atoms with Gasteiger partial charge in [0.05, 0.1) is 6.07 Å². The summed E-state index contributed by atoms with van der Waals surface area (Å²) in [5, 5.41) is 17.8. The fourth-order valence-electron chi connectivity index (χ4n) is 2.58. The lowest BCUT2D eigenvalue weighted by atomic mass is 9.89. The molecule has 2 fully saturated rings. The lowest BCUT2D eigenvalue weighted by molar-refractivity contribution is 0.0935. The first-order valence-corrected chi connectivity index (χ1v) is 6.51. The maximum Gasteiger partial charge on any atom is 0.0628 e. The molecule has 0 unspecified atom stereocenters. The molecule has 2 aliphatic rings. The Hall–Kier alpha value is -0.590. The summed E-state index contributed by atoms with van der Waals surface area (Å²) in [7, 11) is 0. The zero-order chi connectivity index (χ0) is 11.4. The number of hydrogen-bond acceptors (Lipinski definition) is 3. The van der Waals surface area contributed by atoms with Crippen LogP contribution in [0.25, 0.3) is 0 Å². The average molecular weight is 222 g/mol. The molecule has 0 spiro atoms. The molecule has 1 N–H and O–H groups in total. The summed E-state index contributed by atoms with van der Waals surface area (Å²) in [6, 6.07) is 3.07. The van der Waals surface area contributed by atoms with Gasteiger partial charge in [0.15, 0.2) is 0 Å². The molecule has 0 aromatic heterocycles. The van der Waals surface area contributed by atoms with Crippen LogP contribution in [0.15, 0.2) is 0 Å². The smallest absolute Gasteiger partial charge is 0.0628 e. The van der Waals surface area contributed by atoms with E-state index in [9.17, 15) is 0 Å². The van der Waals surface area contributed by atoms with E-state index in [4.69, 9.17) is 10.4 Å². The van der Waals surface area contributed by atoms with Crippen LogP contribution in [0.1, 0.15) is 44.9 Å². The first-order chi connectivity index (χ1) is 7.79. The van der Waals surface area contributed by atoms with Crippen molar-refractivity contribution >= 4 is 0 Å². The normalized spacial score (nSPS) is 22.8. The molecule has 2 saturated carbocycles. The Morgan fingerprint density at radius 2 is 2.12 bits per heavy atom. The minimum absolute atomic E-state index is 0.286. The summed E-state index contributed by atoms with van der Waals surface area (Å²) in [5.41, 5.74) is 0.319. The molecule has 3 nitrogen and oxygen atoms in total. The van der Waals surface area contributed by atoms with Crippen molar-refractivity contribution in [3.63, 3.8) is 0 Å². The van der Waals surface area contributed by atoms with Gasteiger partial charge in [0.25, 0.3) is 0 Å². The van der Waals surface area contributed by atoms with Gasteiger partial charge in [-0.2, -0.15) is 5.26 Å². The minimum Gasteiger partial charge on any atom is -0.396 e. The van der Waals surface area contributed by atoms with Crippen LogP contribution in [0.2, 0.25) is 0 Å². The summed E-state index contributed by atoms with van der Waals surface area (Å²) < 4.78 is 0. The van der Waals surface area contributed by atoms with E-state index in [1.54, 1.807) is 0 Å². The SMILES string of the molecule is N#CCC1(CN(CCCO)C2CCC2)CC1. The van der Waals surface area contributed by atoms with E-state index in [1.165, 1.54) is 32.1 Å². The fourth-order valence-corrected chi connectivity index (χ4v) is 2.58. The second-order valence-electron chi connectivity index (χ2n) is 5.47. The topological polar surface area (TPSA) is 47.3 Å². The van der Waals surface area contributed by atoms with E-state index < -0.39 is 0 Å². The van der Waals surface area contributed by atoms with Crippen LogP contribution in [0.4, 0.5) is 0 Å². The van der Waals surface area contributed by atoms with Gasteiger partial charge in [0.1, 0.15) is 0 Å². The van der Waals surface area contributed by atoms with Gasteiger partial charge >= 0.3 is 0 Å². The highest BCUT2D eigenvalue weighted by Crippen LogP contribution is 2.49. The largest absolute Gasteiger partial charge is 0.396 e. The van der Waals surface area contributed by atoms with E-state index in [-0.39, 0.29) is 6.61 Å². The monoisotopic (exact) mass is 222 g/mol. The maximum atomic E-state index is 8.93. The molecule has 0 aromatic rings. The molecule has 0 amide bonds. The fraction of sp³-hybridized carbons (Fsp3) is 0.923. The Morgan fingerprint density at radius 3 is 2.56 bits per heavy atom. The van der Waals surface area contributed by atoms with Crippen molar-refractivity contribution in [2.75, 3.05) is 19.7 Å². The molecule has 0 radical (unpaired) electrons. The summed E-state index contributed by atoms with van der Waals surface area (Å²) in [4.78, 5) is 2.53. The number of hydrogen-bond donors (Lipinski definition) is 1. The van der Waals surface area contributed by atoms with Gasteiger partial charge in [0.2, 0.25) is 0 Å². The van der Waals surface area contributed by atoms with E-state index in [0.29, 0.717) is 5.41 Å². The predicted octanol–water partition coefficient (Wildman–Crippen LogP) is 1.92. The Labute approximate surface area is 98.1 Å². The molecular weight excluding hydrogens is 200 g/mol. The zero-order valence-electron chi connectivity index (χ0n) is 9.99. The summed E-state index contributed by atoms with van der Waals surface area (Å²) in [6.07, 6.45) is 8.02. The van der Waals surface area contributed by atoms with Crippen LogP contribution in [-0.2, 0) is 0 Å². The van der Waals surface area contributed by atoms with Crippen molar-refractivity contribution in [2.45, 2.75) is 51.0 Å². The highest BCUT2D eigenvalue weighted by Gasteiger charge is 2.44. The summed E-state index contributed by atoms with van der Waals surface area (Å²) in [5.74, 6) is 0. The standard InChI is InChI=1S/C13H22N2O/c14-8-7-13(5-6-13)11-15(9-2-10-16)12-3-1-4-12/h12,16H,1-7,9-11H2. The third-order valence-electron chi connectivity index (χ3n) is 4.14. The molecular formula is C13H22N2O. The molecule has 2 aliphatic carbocycles. The van der Waals surface area contributed by atoms with E-state index in [2.05, 4.69) is 11.0 Å². The number of nitrogens with zero attached hydrogens (tertiary/aromatic N) is 2. The van der Waals surface area contributed by atoms with Crippen molar-refractivity contribution in [1.29, 1.82) is 5.26 Å². The predicted molar refractivity (Wildman–Crippen MR) is 62.8 cm³/mol. The number of aliphatic hydroxyl groups is 1. The number of aliphatic hydroxyl groups excluding tert-OH is 1. The van der Waals surface area contributed by atoms with Gasteiger partial charge in [-0.05, 0) is 37.5 Å². The van der Waals surface area contributed by atoms with Gasteiger partial charge in [-0.25, -0.2) is 0 Å². The Kier molecular flexibility index (Phi) is 3.83. The molecule has 3 heteroatoms. The van der Waals surface area contributed by atoms with Crippen LogP contribution in [-0.4, -0.2) is 35.7 Å². The van der Waals surface area contributed by atoms with Crippen LogP contribution < -0.4 is 0 Å². The maximum absolute atomic E-state index is 8.93. The van der Waals surface area contributed by atoms with Gasteiger partial charge in [-0.1, -0.05) is 6.42 Å². The molecule has 16 heavy (non-hydrogen) atoms. The number of rotatable bonds is 7. The van der Waals surface area contributed by atoms with Gasteiger partial charge < -0.3 is 5.11 Å². The highest BCUT2D eigenvalue weighted by atomic mass is 16.3. The Balaban J connectivity index is 1.84. The minimum atomic E-state index is 0.286. The second-order valence-corrected chi connectivity index (χ2v) is 5.47.